The molecule has 1 aromatic heterocycles. The third kappa shape index (κ3) is 2.36. The lowest BCUT2D eigenvalue weighted by Crippen LogP contribution is -2.49. The van der Waals surface area contributed by atoms with Crippen LogP contribution in [0.4, 0.5) is 0 Å². The Morgan fingerprint density at radius 3 is 3.19 bits per heavy atom. The van der Waals surface area contributed by atoms with E-state index in [-0.39, 0.29) is 18.1 Å². The number of amides is 1. The number of alkyl halides is 1. The highest BCUT2D eigenvalue weighted by Gasteiger charge is 2.28. The van der Waals surface area contributed by atoms with Gasteiger partial charge in [-0.25, -0.2) is 0 Å². The zero-order chi connectivity index (χ0) is 11.5. The van der Waals surface area contributed by atoms with Crippen molar-refractivity contribution in [3.8, 4) is 0 Å². The van der Waals surface area contributed by atoms with E-state index in [1.807, 2.05) is 6.92 Å². The van der Waals surface area contributed by atoms with Crippen LogP contribution in [0.2, 0.25) is 0 Å². The van der Waals surface area contributed by atoms with Crippen molar-refractivity contribution in [1.82, 2.24) is 15.1 Å². The second-order valence-electron chi connectivity index (χ2n) is 3.90. The van der Waals surface area contributed by atoms with E-state index in [2.05, 4.69) is 10.2 Å². The van der Waals surface area contributed by atoms with Crippen molar-refractivity contribution in [1.29, 1.82) is 0 Å². The zero-order valence-electron chi connectivity index (χ0n) is 9.02. The number of carbonyl (C=O) groups is 1. The van der Waals surface area contributed by atoms with Crippen LogP contribution in [-0.4, -0.2) is 52.2 Å². The fourth-order valence-corrected chi connectivity index (χ4v) is 2.01. The molecule has 0 aromatic carbocycles. The molecule has 2 rings (SSSR count). The minimum absolute atomic E-state index is 0.0179. The third-order valence-electron chi connectivity index (χ3n) is 2.52. The van der Waals surface area contributed by atoms with Crippen LogP contribution in [0, 0.1) is 0 Å². The highest BCUT2D eigenvalue weighted by Crippen LogP contribution is 2.14. The van der Waals surface area contributed by atoms with E-state index in [9.17, 15) is 4.79 Å². The number of hydrogen-bond acceptors (Lipinski definition) is 3. The second-order valence-corrected chi connectivity index (χ2v) is 4.21. The van der Waals surface area contributed by atoms with Crippen molar-refractivity contribution in [2.75, 3.05) is 19.0 Å². The standard InChI is InChI=1S/C10H14ClN3O2/c1-7-5-14(6-8(4-11)16-7)10(15)9-2-3-12-13-9/h2-3,7-8H,4-6H2,1H3,(H,12,13). The lowest BCUT2D eigenvalue weighted by Gasteiger charge is -2.35. The molecule has 1 aromatic rings. The van der Waals surface area contributed by atoms with Crippen molar-refractivity contribution in [2.24, 2.45) is 0 Å². The molecule has 1 aliphatic heterocycles. The molecule has 1 fully saturated rings. The van der Waals surface area contributed by atoms with Crippen LogP contribution in [0.25, 0.3) is 0 Å². The molecule has 5 nitrogen and oxygen atoms in total. The summed E-state index contributed by atoms with van der Waals surface area (Å²) >= 11 is 5.76. The maximum Gasteiger partial charge on any atom is 0.272 e. The molecule has 2 atom stereocenters. The first-order valence-electron chi connectivity index (χ1n) is 5.20. The van der Waals surface area contributed by atoms with Crippen molar-refractivity contribution < 1.29 is 9.53 Å². The number of morpholine rings is 1. The lowest BCUT2D eigenvalue weighted by molar-refractivity contribution is -0.0571. The summed E-state index contributed by atoms with van der Waals surface area (Å²) in [5, 5.41) is 6.43. The molecule has 16 heavy (non-hydrogen) atoms. The minimum Gasteiger partial charge on any atom is -0.370 e. The normalized spacial score (nSPS) is 25.8. The predicted octanol–water partition coefficient (Wildman–Crippen LogP) is 0.878. The second kappa shape index (κ2) is 4.84. The molecule has 0 spiro atoms. The van der Waals surface area contributed by atoms with Crippen molar-refractivity contribution in [3.63, 3.8) is 0 Å². The van der Waals surface area contributed by atoms with Crippen LogP contribution in [0.5, 0.6) is 0 Å². The van der Waals surface area contributed by atoms with Crippen molar-refractivity contribution >= 4 is 17.5 Å². The molecule has 0 radical (unpaired) electrons. The van der Waals surface area contributed by atoms with E-state index in [4.69, 9.17) is 16.3 Å². The van der Waals surface area contributed by atoms with E-state index >= 15 is 0 Å². The first kappa shape index (κ1) is 11.4. The van der Waals surface area contributed by atoms with Gasteiger partial charge < -0.3 is 9.64 Å². The van der Waals surface area contributed by atoms with E-state index in [1.54, 1.807) is 17.2 Å². The molecule has 1 saturated heterocycles. The van der Waals surface area contributed by atoms with E-state index in [0.29, 0.717) is 24.7 Å². The molecule has 88 valence electrons. The molecule has 1 amide bonds. The summed E-state index contributed by atoms with van der Waals surface area (Å²) < 4.78 is 5.58. The molecule has 2 unspecified atom stereocenters. The zero-order valence-corrected chi connectivity index (χ0v) is 9.78. The van der Waals surface area contributed by atoms with Gasteiger partial charge in [-0.15, -0.1) is 11.6 Å². The van der Waals surface area contributed by atoms with E-state index < -0.39 is 0 Å². The molecule has 1 N–H and O–H groups in total. The maximum absolute atomic E-state index is 12.0. The van der Waals surface area contributed by atoms with Gasteiger partial charge in [0, 0.05) is 19.3 Å². The number of aromatic nitrogens is 2. The van der Waals surface area contributed by atoms with Crippen LogP contribution < -0.4 is 0 Å². The van der Waals surface area contributed by atoms with Gasteiger partial charge in [-0.2, -0.15) is 5.10 Å². The molecule has 0 aliphatic carbocycles. The van der Waals surface area contributed by atoms with Gasteiger partial charge >= 0.3 is 0 Å². The minimum atomic E-state index is -0.0858. The molecule has 6 heteroatoms. The van der Waals surface area contributed by atoms with Gasteiger partial charge in [0.15, 0.2) is 0 Å². The number of halogens is 1. The lowest BCUT2D eigenvalue weighted by atomic mass is 10.2. The fraction of sp³-hybridized carbons (Fsp3) is 0.600. The summed E-state index contributed by atoms with van der Waals surface area (Å²) in [5.74, 6) is 0.347. The van der Waals surface area contributed by atoms with Crippen LogP contribution in [-0.2, 0) is 4.74 Å². The Morgan fingerprint density at radius 1 is 1.75 bits per heavy atom. The summed E-state index contributed by atoms with van der Waals surface area (Å²) in [5.41, 5.74) is 0.502. The first-order chi connectivity index (χ1) is 7.70. The van der Waals surface area contributed by atoms with Gasteiger partial charge in [-0.3, -0.25) is 9.89 Å². The molecule has 1 aliphatic rings. The van der Waals surface area contributed by atoms with Crippen LogP contribution in [0.3, 0.4) is 0 Å². The SMILES string of the molecule is CC1CN(C(=O)c2ccn[nH]2)CC(CCl)O1. The highest BCUT2D eigenvalue weighted by molar-refractivity contribution is 6.18. The van der Waals surface area contributed by atoms with Gasteiger partial charge in [-0.1, -0.05) is 0 Å². The topological polar surface area (TPSA) is 58.2 Å². The van der Waals surface area contributed by atoms with Gasteiger partial charge in [0.25, 0.3) is 5.91 Å². The summed E-state index contributed by atoms with van der Waals surface area (Å²) in [6.45, 7) is 3.06. The number of H-pyrrole nitrogens is 1. The predicted molar refractivity (Wildman–Crippen MR) is 59.5 cm³/mol. The quantitative estimate of drug-likeness (QED) is 0.785. The number of ether oxygens (including phenoxy) is 1. The van der Waals surface area contributed by atoms with Gasteiger partial charge in [-0.05, 0) is 13.0 Å². The Bertz CT molecular complexity index is 355. The Morgan fingerprint density at radius 2 is 2.56 bits per heavy atom. The molecular weight excluding hydrogens is 230 g/mol. The number of nitrogens with zero attached hydrogens (tertiary/aromatic N) is 2. The Balaban J connectivity index is 2.06. The first-order valence-corrected chi connectivity index (χ1v) is 5.74. The van der Waals surface area contributed by atoms with Crippen molar-refractivity contribution in [3.05, 3.63) is 18.0 Å². The smallest absolute Gasteiger partial charge is 0.272 e. The molecule has 0 bridgehead atoms. The average Bonchev–Trinajstić information content (AvgIpc) is 2.80. The molecule has 0 saturated carbocycles. The number of carbonyl (C=O) groups excluding carboxylic acids is 1. The number of rotatable bonds is 2. The summed E-state index contributed by atoms with van der Waals surface area (Å²) in [6.07, 6.45) is 1.50. The van der Waals surface area contributed by atoms with Crippen LogP contribution in [0.15, 0.2) is 12.3 Å². The monoisotopic (exact) mass is 243 g/mol. The average molecular weight is 244 g/mol. The Labute approximate surface area is 98.7 Å². The van der Waals surface area contributed by atoms with E-state index in [0.717, 1.165) is 0 Å². The highest BCUT2D eigenvalue weighted by atomic mass is 35.5. The van der Waals surface area contributed by atoms with Crippen LogP contribution in [0.1, 0.15) is 17.4 Å². The summed E-state index contributed by atoms with van der Waals surface area (Å²) in [7, 11) is 0. The van der Waals surface area contributed by atoms with Crippen LogP contribution >= 0.6 is 11.6 Å². The number of hydrogen-bond donors (Lipinski definition) is 1. The molecular formula is C10H14ClN3O2. The number of nitrogens with one attached hydrogen (secondary N) is 1. The number of aromatic amines is 1. The van der Waals surface area contributed by atoms with Gasteiger partial charge in [0.05, 0.1) is 18.1 Å². The maximum atomic E-state index is 12.0. The molecule has 2 heterocycles. The van der Waals surface area contributed by atoms with Gasteiger partial charge in [0.2, 0.25) is 0 Å². The van der Waals surface area contributed by atoms with Crippen molar-refractivity contribution in [2.45, 2.75) is 19.1 Å². The summed E-state index contributed by atoms with van der Waals surface area (Å²) in [4.78, 5) is 13.8. The summed E-state index contributed by atoms with van der Waals surface area (Å²) in [6, 6.07) is 1.66. The Kier molecular flexibility index (Phi) is 3.46. The Hall–Kier alpha value is -1.07. The van der Waals surface area contributed by atoms with Gasteiger partial charge in [0.1, 0.15) is 5.69 Å². The third-order valence-corrected chi connectivity index (χ3v) is 2.86. The largest absolute Gasteiger partial charge is 0.370 e. The van der Waals surface area contributed by atoms with E-state index in [1.165, 1.54) is 0 Å². The fourth-order valence-electron chi connectivity index (χ4n) is 1.84.